The molecule has 0 radical (unpaired) electrons. The van der Waals surface area contributed by atoms with Crippen LogP contribution in [-0.4, -0.2) is 30.1 Å². The molecule has 1 fully saturated rings. The first-order valence-corrected chi connectivity index (χ1v) is 7.11. The van der Waals surface area contributed by atoms with Crippen LogP contribution in [0.2, 0.25) is 0 Å². The topological polar surface area (TPSA) is 78.4 Å². The number of hydrogen-bond donors (Lipinski definition) is 3. The summed E-state index contributed by atoms with van der Waals surface area (Å²) in [5.74, 6) is -0.957. The van der Waals surface area contributed by atoms with E-state index in [-0.39, 0.29) is 17.4 Å². The summed E-state index contributed by atoms with van der Waals surface area (Å²) in [6.45, 7) is 3.55. The van der Waals surface area contributed by atoms with Crippen LogP contribution in [0, 0.1) is 15.4 Å². The van der Waals surface area contributed by atoms with Gasteiger partial charge in [0.15, 0.2) is 0 Å². The van der Waals surface area contributed by atoms with E-state index < -0.39 is 5.97 Å². The molecule has 1 saturated heterocycles. The van der Waals surface area contributed by atoms with Gasteiger partial charge in [-0.1, -0.05) is 6.92 Å². The summed E-state index contributed by atoms with van der Waals surface area (Å²) in [4.78, 5) is 23.2. The number of carboxylic acid groups (broad SMARTS) is 1. The molecule has 1 aromatic carbocycles. The molecule has 1 atom stereocenters. The van der Waals surface area contributed by atoms with Crippen LogP contribution in [-0.2, 0) is 4.79 Å². The Labute approximate surface area is 124 Å². The van der Waals surface area contributed by atoms with Crippen molar-refractivity contribution < 1.29 is 14.7 Å². The third-order valence-electron chi connectivity index (χ3n) is 3.40. The zero-order valence-corrected chi connectivity index (χ0v) is 12.6. The lowest BCUT2D eigenvalue weighted by Crippen LogP contribution is -2.48. The minimum atomic E-state index is -1.04. The fraction of sp³-hybridized carbons (Fsp3) is 0.385. The van der Waals surface area contributed by atoms with Crippen molar-refractivity contribution in [2.75, 3.05) is 18.4 Å². The number of carbonyl (C=O) groups excluding carboxylic acids is 1. The lowest BCUT2D eigenvalue weighted by molar-refractivity contribution is -0.121. The highest BCUT2D eigenvalue weighted by Crippen LogP contribution is 2.22. The number of amides is 1. The van der Waals surface area contributed by atoms with Crippen LogP contribution in [0.5, 0.6) is 0 Å². The van der Waals surface area contributed by atoms with Crippen molar-refractivity contribution in [3.63, 3.8) is 0 Å². The molecule has 0 bridgehead atoms. The summed E-state index contributed by atoms with van der Waals surface area (Å²) in [6.07, 6.45) is 0. The standard InChI is InChI=1S/C13H15IN2O3/c1-7(8-5-15-6-8)12(17)16-11-3-2-9(14)4-10(11)13(18)19/h2-4,7-8,15H,5-6H2,1H3,(H,16,17)(H,18,19). The Bertz CT molecular complexity index is 515. The Morgan fingerprint density at radius 3 is 2.68 bits per heavy atom. The van der Waals surface area contributed by atoms with Crippen LogP contribution in [0.25, 0.3) is 0 Å². The van der Waals surface area contributed by atoms with E-state index in [1.165, 1.54) is 0 Å². The Kier molecular flexibility index (Phi) is 4.41. The van der Waals surface area contributed by atoms with Crippen molar-refractivity contribution >= 4 is 40.2 Å². The number of benzene rings is 1. The Balaban J connectivity index is 2.13. The van der Waals surface area contributed by atoms with E-state index in [1.54, 1.807) is 18.2 Å². The molecule has 0 spiro atoms. The summed E-state index contributed by atoms with van der Waals surface area (Å²) in [6, 6.07) is 4.96. The molecule has 5 nitrogen and oxygen atoms in total. The highest BCUT2D eigenvalue weighted by molar-refractivity contribution is 14.1. The number of rotatable bonds is 4. The maximum Gasteiger partial charge on any atom is 0.337 e. The number of carboxylic acids is 1. The van der Waals surface area contributed by atoms with Gasteiger partial charge in [-0.2, -0.15) is 0 Å². The van der Waals surface area contributed by atoms with Gasteiger partial charge in [-0.3, -0.25) is 4.79 Å². The highest BCUT2D eigenvalue weighted by Gasteiger charge is 2.29. The van der Waals surface area contributed by atoms with Gasteiger partial charge in [-0.15, -0.1) is 0 Å². The fourth-order valence-electron chi connectivity index (χ4n) is 1.93. The fourth-order valence-corrected chi connectivity index (χ4v) is 2.42. The molecule has 1 aromatic rings. The van der Waals surface area contributed by atoms with E-state index in [4.69, 9.17) is 5.11 Å². The quantitative estimate of drug-likeness (QED) is 0.703. The molecule has 3 N–H and O–H groups in total. The molecule has 1 aliphatic rings. The van der Waals surface area contributed by atoms with Crippen molar-refractivity contribution in [2.24, 2.45) is 11.8 Å². The largest absolute Gasteiger partial charge is 0.478 e. The monoisotopic (exact) mass is 374 g/mol. The Morgan fingerprint density at radius 1 is 1.47 bits per heavy atom. The molecule has 2 rings (SSSR count). The van der Waals surface area contributed by atoms with E-state index in [9.17, 15) is 9.59 Å². The van der Waals surface area contributed by atoms with Gasteiger partial charge < -0.3 is 15.7 Å². The van der Waals surface area contributed by atoms with Crippen LogP contribution < -0.4 is 10.6 Å². The molecule has 0 aromatic heterocycles. The summed E-state index contributed by atoms with van der Waals surface area (Å²) in [7, 11) is 0. The summed E-state index contributed by atoms with van der Waals surface area (Å²) >= 11 is 2.04. The molecule has 1 aliphatic heterocycles. The number of nitrogens with one attached hydrogen (secondary N) is 2. The zero-order chi connectivity index (χ0) is 14.0. The van der Waals surface area contributed by atoms with Gasteiger partial charge in [0.25, 0.3) is 0 Å². The SMILES string of the molecule is CC(C(=O)Nc1ccc(I)cc1C(=O)O)C1CNC1. The predicted molar refractivity (Wildman–Crippen MR) is 80.3 cm³/mol. The molecule has 19 heavy (non-hydrogen) atoms. The second-order valence-electron chi connectivity index (χ2n) is 4.69. The van der Waals surface area contributed by atoms with E-state index >= 15 is 0 Å². The van der Waals surface area contributed by atoms with Crippen molar-refractivity contribution in [2.45, 2.75) is 6.92 Å². The number of hydrogen-bond acceptors (Lipinski definition) is 3. The Hall–Kier alpha value is -1.15. The van der Waals surface area contributed by atoms with Gasteiger partial charge >= 0.3 is 5.97 Å². The molecule has 1 heterocycles. The minimum absolute atomic E-state index is 0.123. The molecule has 0 aliphatic carbocycles. The van der Waals surface area contributed by atoms with Crippen LogP contribution in [0.4, 0.5) is 5.69 Å². The molecule has 6 heteroatoms. The van der Waals surface area contributed by atoms with Crippen molar-refractivity contribution in [1.29, 1.82) is 0 Å². The average Bonchev–Trinajstić information content (AvgIpc) is 2.28. The van der Waals surface area contributed by atoms with Crippen molar-refractivity contribution in [3.8, 4) is 0 Å². The highest BCUT2D eigenvalue weighted by atomic mass is 127. The average molecular weight is 374 g/mol. The lowest BCUT2D eigenvalue weighted by Gasteiger charge is -2.31. The summed E-state index contributed by atoms with van der Waals surface area (Å²) in [5, 5.41) is 15.0. The predicted octanol–water partition coefficient (Wildman–Crippen LogP) is 1.78. The summed E-state index contributed by atoms with van der Waals surface area (Å²) in [5.41, 5.74) is 0.483. The zero-order valence-electron chi connectivity index (χ0n) is 10.4. The van der Waals surface area contributed by atoms with E-state index in [2.05, 4.69) is 10.6 Å². The van der Waals surface area contributed by atoms with Crippen molar-refractivity contribution in [1.82, 2.24) is 5.32 Å². The number of anilines is 1. The molecule has 1 unspecified atom stereocenters. The van der Waals surface area contributed by atoms with E-state index in [0.717, 1.165) is 16.7 Å². The summed E-state index contributed by atoms with van der Waals surface area (Å²) < 4.78 is 0.823. The molecule has 0 saturated carbocycles. The maximum atomic E-state index is 12.1. The van der Waals surface area contributed by atoms with Gasteiger partial charge in [-0.05, 0) is 59.8 Å². The first-order valence-electron chi connectivity index (χ1n) is 6.03. The third kappa shape index (κ3) is 3.24. The number of carbonyl (C=O) groups is 2. The van der Waals surface area contributed by atoms with Gasteiger partial charge in [0.1, 0.15) is 0 Å². The minimum Gasteiger partial charge on any atom is -0.478 e. The normalized spacial score (nSPS) is 16.5. The van der Waals surface area contributed by atoms with Gasteiger partial charge in [0.05, 0.1) is 11.3 Å². The lowest BCUT2D eigenvalue weighted by atomic mass is 9.88. The smallest absolute Gasteiger partial charge is 0.337 e. The molecule has 102 valence electrons. The van der Waals surface area contributed by atoms with Crippen LogP contribution in [0.3, 0.4) is 0 Å². The Morgan fingerprint density at radius 2 is 2.16 bits per heavy atom. The van der Waals surface area contributed by atoms with E-state index in [0.29, 0.717) is 11.6 Å². The first-order chi connectivity index (χ1) is 8.99. The molecular formula is C13H15IN2O3. The third-order valence-corrected chi connectivity index (χ3v) is 4.07. The number of aromatic carboxylic acids is 1. The van der Waals surface area contributed by atoms with Gasteiger partial charge in [0.2, 0.25) is 5.91 Å². The van der Waals surface area contributed by atoms with Crippen LogP contribution in [0.1, 0.15) is 17.3 Å². The molecular weight excluding hydrogens is 359 g/mol. The molecule has 1 amide bonds. The van der Waals surface area contributed by atoms with E-state index in [1.807, 2.05) is 29.5 Å². The van der Waals surface area contributed by atoms with Gasteiger partial charge in [-0.25, -0.2) is 4.79 Å². The van der Waals surface area contributed by atoms with Crippen molar-refractivity contribution in [3.05, 3.63) is 27.3 Å². The second kappa shape index (κ2) is 5.87. The maximum absolute atomic E-state index is 12.1. The van der Waals surface area contributed by atoms with Crippen LogP contribution >= 0.6 is 22.6 Å². The number of halogens is 1. The second-order valence-corrected chi connectivity index (χ2v) is 5.94. The van der Waals surface area contributed by atoms with Crippen LogP contribution in [0.15, 0.2) is 18.2 Å². The first kappa shape index (κ1) is 14.3. The van der Waals surface area contributed by atoms with Gasteiger partial charge in [0, 0.05) is 9.49 Å².